The maximum absolute atomic E-state index is 11.7. The zero-order valence-electron chi connectivity index (χ0n) is 10.4. The van der Waals surface area contributed by atoms with E-state index in [1.165, 1.54) is 0 Å². The lowest BCUT2D eigenvalue weighted by atomic mass is 10.1. The number of nitrogens with zero attached hydrogens (tertiary/aromatic N) is 1. The molecule has 92 valence electrons. The van der Waals surface area contributed by atoms with Gasteiger partial charge in [0, 0.05) is 7.05 Å². The Morgan fingerprint density at radius 2 is 2.00 bits per heavy atom. The Morgan fingerprint density at radius 3 is 2.47 bits per heavy atom. The Balaban J connectivity index is 2.15. The van der Waals surface area contributed by atoms with Crippen LogP contribution in [0.15, 0.2) is 24.3 Å². The minimum absolute atomic E-state index is 0.0341. The highest BCUT2D eigenvalue weighted by Crippen LogP contribution is 2.25. The van der Waals surface area contributed by atoms with Gasteiger partial charge in [-0.3, -0.25) is 10.1 Å². The number of ether oxygens (including phenoxy) is 1. The molecular weight excluding hydrogens is 216 g/mol. The van der Waals surface area contributed by atoms with Crippen molar-refractivity contribution < 1.29 is 9.53 Å². The average molecular weight is 234 g/mol. The second-order valence-corrected chi connectivity index (χ2v) is 4.24. The van der Waals surface area contributed by atoms with Crippen molar-refractivity contribution in [2.24, 2.45) is 0 Å². The average Bonchev–Trinajstić information content (AvgIpc) is 2.59. The summed E-state index contributed by atoms with van der Waals surface area (Å²) in [5.41, 5.74) is 1.08. The molecule has 1 heterocycles. The molecule has 1 aromatic rings. The van der Waals surface area contributed by atoms with Crippen LogP contribution in [-0.4, -0.2) is 30.5 Å². The molecule has 17 heavy (non-hydrogen) atoms. The number of rotatable bonds is 3. The lowest BCUT2D eigenvalue weighted by Crippen LogP contribution is -2.25. The van der Waals surface area contributed by atoms with E-state index < -0.39 is 0 Å². The molecule has 2 unspecified atom stereocenters. The van der Waals surface area contributed by atoms with Crippen molar-refractivity contribution in [1.82, 2.24) is 10.2 Å². The van der Waals surface area contributed by atoms with E-state index in [1.54, 1.807) is 4.90 Å². The first-order valence-electron chi connectivity index (χ1n) is 5.89. The third-order valence-corrected chi connectivity index (χ3v) is 3.02. The fourth-order valence-corrected chi connectivity index (χ4v) is 2.09. The second-order valence-electron chi connectivity index (χ2n) is 4.24. The minimum Gasteiger partial charge on any atom is -0.494 e. The van der Waals surface area contributed by atoms with Crippen molar-refractivity contribution >= 4 is 5.91 Å². The van der Waals surface area contributed by atoms with Crippen molar-refractivity contribution in [2.45, 2.75) is 26.1 Å². The SMILES string of the molecule is CCOc1ccc(C2NC(C)C(=O)N2C)cc1. The predicted octanol–water partition coefficient (Wildman–Crippen LogP) is 1.53. The fraction of sp³-hybridized carbons (Fsp3) is 0.462. The van der Waals surface area contributed by atoms with Gasteiger partial charge in [-0.2, -0.15) is 0 Å². The number of nitrogens with one attached hydrogen (secondary N) is 1. The Bertz CT molecular complexity index is 402. The minimum atomic E-state index is -0.114. The van der Waals surface area contributed by atoms with Crippen LogP contribution < -0.4 is 10.1 Å². The van der Waals surface area contributed by atoms with E-state index in [9.17, 15) is 4.79 Å². The fourth-order valence-electron chi connectivity index (χ4n) is 2.09. The lowest BCUT2D eigenvalue weighted by molar-refractivity contribution is -0.128. The van der Waals surface area contributed by atoms with Crippen LogP contribution in [0.25, 0.3) is 0 Å². The molecule has 4 heteroatoms. The van der Waals surface area contributed by atoms with Crippen molar-refractivity contribution in [1.29, 1.82) is 0 Å². The summed E-state index contributed by atoms with van der Waals surface area (Å²) in [6.07, 6.45) is -0.0341. The van der Waals surface area contributed by atoms with Crippen LogP contribution in [0.1, 0.15) is 25.6 Å². The van der Waals surface area contributed by atoms with Gasteiger partial charge in [-0.25, -0.2) is 0 Å². The van der Waals surface area contributed by atoms with E-state index in [-0.39, 0.29) is 18.1 Å². The number of benzene rings is 1. The first-order chi connectivity index (χ1) is 8.13. The highest BCUT2D eigenvalue weighted by molar-refractivity contribution is 5.83. The molecule has 0 bridgehead atoms. The highest BCUT2D eigenvalue weighted by atomic mass is 16.5. The third-order valence-electron chi connectivity index (χ3n) is 3.02. The Hall–Kier alpha value is -1.55. The van der Waals surface area contributed by atoms with Gasteiger partial charge in [-0.1, -0.05) is 12.1 Å². The van der Waals surface area contributed by atoms with Crippen LogP contribution in [0.5, 0.6) is 5.75 Å². The molecule has 1 N–H and O–H groups in total. The summed E-state index contributed by atoms with van der Waals surface area (Å²) < 4.78 is 5.39. The Kier molecular flexibility index (Phi) is 3.33. The van der Waals surface area contributed by atoms with Gasteiger partial charge in [0.05, 0.1) is 12.6 Å². The van der Waals surface area contributed by atoms with E-state index in [1.807, 2.05) is 45.2 Å². The second kappa shape index (κ2) is 4.75. The van der Waals surface area contributed by atoms with Crippen LogP contribution in [-0.2, 0) is 4.79 Å². The lowest BCUT2D eigenvalue weighted by Gasteiger charge is -2.19. The summed E-state index contributed by atoms with van der Waals surface area (Å²) in [7, 11) is 1.82. The molecule has 4 nitrogen and oxygen atoms in total. The monoisotopic (exact) mass is 234 g/mol. The van der Waals surface area contributed by atoms with Gasteiger partial charge >= 0.3 is 0 Å². The zero-order chi connectivity index (χ0) is 12.4. The van der Waals surface area contributed by atoms with Crippen LogP contribution in [0, 0.1) is 0 Å². The molecule has 1 aromatic carbocycles. The number of amides is 1. The summed E-state index contributed by atoms with van der Waals surface area (Å²) in [6, 6.07) is 7.73. The maximum atomic E-state index is 11.7. The van der Waals surface area contributed by atoms with Gasteiger partial charge in [-0.15, -0.1) is 0 Å². The van der Waals surface area contributed by atoms with E-state index >= 15 is 0 Å². The summed E-state index contributed by atoms with van der Waals surface area (Å²) in [6.45, 7) is 4.50. The summed E-state index contributed by atoms with van der Waals surface area (Å²) in [4.78, 5) is 13.4. The normalized spacial score (nSPS) is 24.2. The maximum Gasteiger partial charge on any atom is 0.240 e. The van der Waals surface area contributed by atoms with E-state index in [2.05, 4.69) is 5.32 Å². The Labute approximate surface area is 102 Å². The van der Waals surface area contributed by atoms with Crippen LogP contribution in [0.3, 0.4) is 0 Å². The molecule has 1 fully saturated rings. The van der Waals surface area contributed by atoms with Gasteiger partial charge < -0.3 is 9.64 Å². The molecule has 0 aromatic heterocycles. The topological polar surface area (TPSA) is 41.6 Å². The summed E-state index contributed by atoms with van der Waals surface area (Å²) in [5.74, 6) is 0.986. The van der Waals surface area contributed by atoms with Gasteiger partial charge in [0.25, 0.3) is 0 Å². The molecule has 1 aliphatic rings. The molecule has 2 atom stereocenters. The van der Waals surface area contributed by atoms with Crippen molar-refractivity contribution in [3.63, 3.8) is 0 Å². The van der Waals surface area contributed by atoms with E-state index in [4.69, 9.17) is 4.74 Å². The highest BCUT2D eigenvalue weighted by Gasteiger charge is 2.34. The predicted molar refractivity (Wildman–Crippen MR) is 65.7 cm³/mol. The van der Waals surface area contributed by atoms with E-state index in [0.717, 1.165) is 11.3 Å². The van der Waals surface area contributed by atoms with Crippen molar-refractivity contribution in [3.05, 3.63) is 29.8 Å². The van der Waals surface area contributed by atoms with Crippen molar-refractivity contribution in [2.75, 3.05) is 13.7 Å². The smallest absolute Gasteiger partial charge is 0.240 e. The largest absolute Gasteiger partial charge is 0.494 e. The van der Waals surface area contributed by atoms with Crippen LogP contribution >= 0.6 is 0 Å². The standard InChI is InChI=1S/C13H18N2O2/c1-4-17-11-7-5-10(6-8-11)12-14-9(2)13(16)15(12)3/h5-9,12,14H,4H2,1-3H3. The molecule has 1 amide bonds. The molecule has 1 saturated heterocycles. The summed E-state index contributed by atoms with van der Waals surface area (Å²) >= 11 is 0. The number of carbonyl (C=O) groups is 1. The van der Waals surface area contributed by atoms with Gasteiger partial charge in [0.2, 0.25) is 5.91 Å². The third kappa shape index (κ3) is 2.26. The Morgan fingerprint density at radius 1 is 1.35 bits per heavy atom. The quantitative estimate of drug-likeness (QED) is 0.862. The zero-order valence-corrected chi connectivity index (χ0v) is 10.4. The first-order valence-corrected chi connectivity index (χ1v) is 5.89. The number of carbonyl (C=O) groups excluding carboxylic acids is 1. The first kappa shape index (κ1) is 11.9. The molecule has 0 saturated carbocycles. The van der Waals surface area contributed by atoms with Crippen LogP contribution in [0.2, 0.25) is 0 Å². The van der Waals surface area contributed by atoms with E-state index in [0.29, 0.717) is 6.61 Å². The molecule has 1 aliphatic heterocycles. The van der Waals surface area contributed by atoms with Gasteiger partial charge in [-0.05, 0) is 31.5 Å². The van der Waals surface area contributed by atoms with Crippen LogP contribution in [0.4, 0.5) is 0 Å². The molecule has 0 radical (unpaired) electrons. The molecular formula is C13H18N2O2. The molecule has 2 rings (SSSR count). The number of hydrogen-bond donors (Lipinski definition) is 1. The molecule has 0 aliphatic carbocycles. The number of hydrogen-bond acceptors (Lipinski definition) is 3. The van der Waals surface area contributed by atoms with Gasteiger partial charge in [0.15, 0.2) is 0 Å². The van der Waals surface area contributed by atoms with Gasteiger partial charge in [0.1, 0.15) is 11.9 Å². The van der Waals surface area contributed by atoms with Crippen molar-refractivity contribution in [3.8, 4) is 5.75 Å². The number of likely N-dealkylation sites (N-methyl/N-ethyl adjacent to an activating group) is 1. The summed E-state index contributed by atoms with van der Waals surface area (Å²) in [5, 5.41) is 3.26. The molecule has 0 spiro atoms.